The molecule has 204 valence electrons. The molecule has 0 saturated heterocycles. The lowest BCUT2D eigenvalue weighted by Crippen LogP contribution is -2.52. The first kappa shape index (κ1) is 31.0. The molecule has 14 heteroatoms. The Balaban J connectivity index is 2.57. The second-order valence-corrected chi connectivity index (χ2v) is 11.1. The molecule has 0 aliphatic heterocycles. The first-order valence-corrected chi connectivity index (χ1v) is 13.9. The molecule has 2 aromatic carbocycles. The molecule has 1 atom stereocenters. The molecule has 37 heavy (non-hydrogen) atoms. The topological polar surface area (TPSA) is 86.8 Å². The number of hydrogen-bond acceptors (Lipinski definition) is 4. The second kappa shape index (κ2) is 12.6. The van der Waals surface area contributed by atoms with Crippen molar-refractivity contribution in [3.8, 4) is 0 Å². The maximum Gasteiger partial charge on any atom is 0.417 e. The smallest absolute Gasteiger partial charge is 0.355 e. The van der Waals surface area contributed by atoms with Crippen molar-refractivity contribution in [2.45, 2.75) is 39.0 Å². The summed E-state index contributed by atoms with van der Waals surface area (Å²) < 4.78 is 66.0. The molecule has 0 bridgehead atoms. The van der Waals surface area contributed by atoms with Crippen LogP contribution in [-0.4, -0.2) is 50.5 Å². The molecule has 0 radical (unpaired) electrons. The Morgan fingerprint density at radius 3 is 2.11 bits per heavy atom. The van der Waals surface area contributed by atoms with E-state index in [1.54, 1.807) is 19.9 Å². The maximum absolute atomic E-state index is 13.6. The third kappa shape index (κ3) is 7.89. The van der Waals surface area contributed by atoms with E-state index < -0.39 is 56.9 Å². The molecule has 0 unspecified atom stereocenters. The largest absolute Gasteiger partial charge is 0.417 e. The number of alkyl halides is 3. The van der Waals surface area contributed by atoms with E-state index in [1.807, 2.05) is 0 Å². The van der Waals surface area contributed by atoms with Gasteiger partial charge in [-0.05, 0) is 43.7 Å². The summed E-state index contributed by atoms with van der Waals surface area (Å²) in [5.41, 5.74) is -1.37. The highest BCUT2D eigenvalue weighted by atomic mass is 35.5. The summed E-state index contributed by atoms with van der Waals surface area (Å²) in [4.78, 5) is 27.5. The first-order valence-electron chi connectivity index (χ1n) is 11.0. The fourth-order valence-electron chi connectivity index (χ4n) is 3.56. The summed E-state index contributed by atoms with van der Waals surface area (Å²) in [6.07, 6.45) is -3.96. The monoisotopic (exact) mass is 601 g/mol. The number of nitrogens with one attached hydrogen (secondary N) is 1. The van der Waals surface area contributed by atoms with Crippen molar-refractivity contribution < 1.29 is 31.2 Å². The van der Waals surface area contributed by atoms with Crippen molar-refractivity contribution in [1.29, 1.82) is 0 Å². The number of likely N-dealkylation sites (N-methyl/N-ethyl adjacent to an activating group) is 1. The highest BCUT2D eigenvalue weighted by Crippen LogP contribution is 2.37. The van der Waals surface area contributed by atoms with Gasteiger partial charge in [-0.3, -0.25) is 13.9 Å². The highest BCUT2D eigenvalue weighted by molar-refractivity contribution is 7.92. The summed E-state index contributed by atoms with van der Waals surface area (Å²) in [5, 5.41) is 2.41. The highest BCUT2D eigenvalue weighted by Gasteiger charge is 2.36. The van der Waals surface area contributed by atoms with E-state index in [0.29, 0.717) is 15.9 Å². The lowest BCUT2D eigenvalue weighted by atomic mass is 10.1. The Morgan fingerprint density at radius 2 is 1.62 bits per heavy atom. The number of sulfonamides is 1. The van der Waals surface area contributed by atoms with Crippen molar-refractivity contribution in [3.05, 3.63) is 62.6 Å². The van der Waals surface area contributed by atoms with Crippen LogP contribution in [0.4, 0.5) is 18.9 Å². The number of carbonyl (C=O) groups excluding carboxylic acids is 2. The molecule has 0 saturated carbocycles. The minimum atomic E-state index is -4.86. The molecule has 0 aromatic heterocycles. The molecule has 2 rings (SSSR count). The van der Waals surface area contributed by atoms with Gasteiger partial charge in [0.25, 0.3) is 0 Å². The van der Waals surface area contributed by atoms with Crippen molar-refractivity contribution in [2.24, 2.45) is 0 Å². The van der Waals surface area contributed by atoms with Crippen LogP contribution in [0.25, 0.3) is 0 Å². The van der Waals surface area contributed by atoms with E-state index in [2.05, 4.69) is 5.32 Å². The van der Waals surface area contributed by atoms with Gasteiger partial charge < -0.3 is 10.2 Å². The van der Waals surface area contributed by atoms with Crippen LogP contribution in [0.5, 0.6) is 0 Å². The van der Waals surface area contributed by atoms with Gasteiger partial charge in [-0.1, -0.05) is 47.8 Å². The molecule has 0 spiro atoms. The molecular formula is C23H25Cl3F3N3O4S. The molecule has 2 amide bonds. The lowest BCUT2D eigenvalue weighted by Gasteiger charge is -2.33. The number of carbonyl (C=O) groups is 2. The molecule has 7 nitrogen and oxygen atoms in total. The van der Waals surface area contributed by atoms with Crippen LogP contribution in [0.3, 0.4) is 0 Å². The minimum Gasteiger partial charge on any atom is -0.355 e. The van der Waals surface area contributed by atoms with Crippen LogP contribution in [0.2, 0.25) is 15.1 Å². The molecule has 0 aliphatic rings. The molecule has 2 aromatic rings. The van der Waals surface area contributed by atoms with Crippen molar-refractivity contribution >= 4 is 62.3 Å². The van der Waals surface area contributed by atoms with Crippen LogP contribution in [0.1, 0.15) is 31.4 Å². The number of nitrogens with zero attached hydrogens (tertiary/aromatic N) is 2. The fraction of sp³-hybridized carbons (Fsp3) is 0.391. The van der Waals surface area contributed by atoms with Crippen molar-refractivity contribution in [3.63, 3.8) is 0 Å². The normalized spacial score (nSPS) is 12.7. The van der Waals surface area contributed by atoms with Crippen LogP contribution in [0.15, 0.2) is 36.4 Å². The summed E-state index contributed by atoms with van der Waals surface area (Å²) in [7, 11) is -4.25. The summed E-state index contributed by atoms with van der Waals surface area (Å²) >= 11 is 18.2. The third-order valence-corrected chi connectivity index (χ3v) is 7.53. The summed E-state index contributed by atoms with van der Waals surface area (Å²) in [5.74, 6) is -1.36. The van der Waals surface area contributed by atoms with E-state index in [0.717, 1.165) is 23.3 Å². The standard InChI is InChI=1S/C23H25Cl3F3N3O4S/c1-4-20(22(34)30-5-2)31(12-15-17(24)7-6-8-18(15)25)21(33)13-32(37(3,35)36)14-9-10-19(26)16(11-14)23(27,28)29/h6-11,20H,4-5,12-13H2,1-3H3,(H,30,34)/t20-/m1/s1. The van der Waals surface area contributed by atoms with Crippen molar-refractivity contribution in [2.75, 3.05) is 23.7 Å². The molecule has 0 heterocycles. The van der Waals surface area contributed by atoms with Gasteiger partial charge in [0.05, 0.1) is 22.5 Å². The molecular weight excluding hydrogens is 578 g/mol. The number of anilines is 1. The van der Waals surface area contributed by atoms with E-state index in [4.69, 9.17) is 34.8 Å². The fourth-order valence-corrected chi connectivity index (χ4v) is 5.15. The average molecular weight is 603 g/mol. The molecule has 0 aliphatic carbocycles. The lowest BCUT2D eigenvalue weighted by molar-refractivity contribution is -0.140. The van der Waals surface area contributed by atoms with Gasteiger partial charge in [0.2, 0.25) is 21.8 Å². The number of hydrogen-bond donors (Lipinski definition) is 1. The van der Waals surface area contributed by atoms with Crippen LogP contribution >= 0.6 is 34.8 Å². The predicted octanol–water partition coefficient (Wildman–Crippen LogP) is 5.38. The first-order chi connectivity index (χ1) is 17.1. The predicted molar refractivity (Wildman–Crippen MR) is 138 cm³/mol. The van der Waals surface area contributed by atoms with Gasteiger partial charge in [0.1, 0.15) is 12.6 Å². The Labute approximate surface area is 228 Å². The van der Waals surface area contributed by atoms with Crippen LogP contribution in [-0.2, 0) is 32.3 Å². The van der Waals surface area contributed by atoms with Gasteiger partial charge in [0.15, 0.2) is 0 Å². The number of rotatable bonds is 10. The van der Waals surface area contributed by atoms with E-state index in [1.165, 1.54) is 12.1 Å². The van der Waals surface area contributed by atoms with E-state index in [-0.39, 0.29) is 29.6 Å². The minimum absolute atomic E-state index is 0.150. The maximum atomic E-state index is 13.6. The Kier molecular flexibility index (Phi) is 10.5. The van der Waals surface area contributed by atoms with Crippen LogP contribution < -0.4 is 9.62 Å². The average Bonchev–Trinajstić information content (AvgIpc) is 2.78. The third-order valence-electron chi connectivity index (χ3n) is 5.35. The van der Waals surface area contributed by atoms with Gasteiger partial charge in [-0.25, -0.2) is 8.42 Å². The van der Waals surface area contributed by atoms with Crippen LogP contribution in [0, 0.1) is 0 Å². The molecule has 0 fully saturated rings. The number of amides is 2. The molecule has 1 N–H and O–H groups in total. The Bertz CT molecular complexity index is 1240. The second-order valence-electron chi connectivity index (χ2n) is 7.97. The Hall–Kier alpha value is -2.21. The number of halogens is 6. The summed E-state index contributed by atoms with van der Waals surface area (Å²) in [6.45, 7) is 2.46. The quantitative estimate of drug-likeness (QED) is 0.396. The zero-order chi connectivity index (χ0) is 28.1. The SMILES string of the molecule is CCNC(=O)[C@@H](CC)N(Cc1c(Cl)cccc1Cl)C(=O)CN(c1ccc(Cl)c(C(F)(F)F)c1)S(C)(=O)=O. The zero-order valence-electron chi connectivity index (χ0n) is 20.1. The zero-order valence-corrected chi connectivity index (χ0v) is 23.2. The van der Waals surface area contributed by atoms with Gasteiger partial charge in [0, 0.05) is 28.7 Å². The van der Waals surface area contributed by atoms with E-state index >= 15 is 0 Å². The van der Waals surface area contributed by atoms with Gasteiger partial charge in [-0.15, -0.1) is 0 Å². The summed E-state index contributed by atoms with van der Waals surface area (Å²) in [6, 6.07) is 6.12. The Morgan fingerprint density at radius 1 is 1.03 bits per heavy atom. The van der Waals surface area contributed by atoms with Crippen molar-refractivity contribution in [1.82, 2.24) is 10.2 Å². The number of benzene rings is 2. The van der Waals surface area contributed by atoms with Gasteiger partial charge >= 0.3 is 6.18 Å². The van der Waals surface area contributed by atoms with E-state index in [9.17, 15) is 31.2 Å². The van der Waals surface area contributed by atoms with Gasteiger partial charge in [-0.2, -0.15) is 13.2 Å².